The molecule has 7 heteroatoms. The molecule has 2 aromatic carbocycles. The molecule has 1 aromatic heterocycles. The summed E-state index contributed by atoms with van der Waals surface area (Å²) in [7, 11) is 0. The molecule has 3 N–H and O–H groups in total. The third-order valence-electron chi connectivity index (χ3n) is 3.00. The van der Waals surface area contributed by atoms with E-state index < -0.39 is 0 Å². The van der Waals surface area contributed by atoms with Gasteiger partial charge in [0.25, 0.3) is 5.91 Å². The van der Waals surface area contributed by atoms with Crippen molar-refractivity contribution >= 4 is 50.8 Å². The zero-order valence-electron chi connectivity index (χ0n) is 12.0. The van der Waals surface area contributed by atoms with Crippen molar-refractivity contribution in [2.45, 2.75) is 4.34 Å². The molecular weight excluding hydrogens is 330 g/mol. The summed E-state index contributed by atoms with van der Waals surface area (Å²) >= 11 is 2.79. The first-order valence-corrected chi connectivity index (χ1v) is 8.60. The molecule has 116 valence electrons. The van der Waals surface area contributed by atoms with Crippen LogP contribution in [0, 0.1) is 0 Å². The molecule has 0 radical (unpaired) electrons. The molecule has 0 aliphatic rings. The lowest BCUT2D eigenvalue weighted by molar-refractivity contribution is -0.115. The minimum Gasteiger partial charge on any atom is -0.369 e. The predicted octanol–water partition coefficient (Wildman–Crippen LogP) is 3.13. The average Bonchev–Trinajstić information content (AvgIpc) is 2.96. The molecule has 3 aromatic rings. The maximum atomic E-state index is 12.2. The van der Waals surface area contributed by atoms with Crippen LogP contribution in [0.5, 0.6) is 0 Å². The number of fused-ring (bicyclic) bond motifs is 1. The zero-order valence-corrected chi connectivity index (χ0v) is 13.6. The van der Waals surface area contributed by atoms with Crippen molar-refractivity contribution in [1.82, 2.24) is 4.98 Å². The van der Waals surface area contributed by atoms with E-state index in [-0.39, 0.29) is 17.6 Å². The van der Waals surface area contributed by atoms with Crippen molar-refractivity contribution < 1.29 is 9.59 Å². The minimum atomic E-state index is -0.370. The highest BCUT2D eigenvalue weighted by Crippen LogP contribution is 2.31. The van der Waals surface area contributed by atoms with Gasteiger partial charge in [-0.3, -0.25) is 9.59 Å². The van der Waals surface area contributed by atoms with Crippen molar-refractivity contribution in [3.8, 4) is 0 Å². The Morgan fingerprint density at radius 2 is 1.96 bits per heavy atom. The fourth-order valence-electron chi connectivity index (χ4n) is 1.97. The summed E-state index contributed by atoms with van der Waals surface area (Å²) in [6.45, 7) is 0. The van der Waals surface area contributed by atoms with Gasteiger partial charge in [-0.2, -0.15) is 0 Å². The topological polar surface area (TPSA) is 85.1 Å². The van der Waals surface area contributed by atoms with Gasteiger partial charge in [-0.05, 0) is 30.3 Å². The molecule has 0 fully saturated rings. The standard InChI is InChI=1S/C16H13N3O2S2/c17-14(20)9-22-16-19-12-7-6-11(8-13(12)23-16)18-15(21)10-4-2-1-3-5-10/h1-8H,9H2,(H2,17,20)(H,18,21). The third-order valence-corrected chi connectivity index (χ3v) is 5.18. The van der Waals surface area contributed by atoms with Crippen molar-refractivity contribution in [2.24, 2.45) is 5.73 Å². The summed E-state index contributed by atoms with van der Waals surface area (Å²) in [4.78, 5) is 27.4. The van der Waals surface area contributed by atoms with Gasteiger partial charge in [-0.25, -0.2) is 4.98 Å². The monoisotopic (exact) mass is 343 g/mol. The summed E-state index contributed by atoms with van der Waals surface area (Å²) in [5, 5.41) is 2.87. The second-order valence-corrected chi connectivity index (χ2v) is 6.99. The molecule has 0 unspecified atom stereocenters. The van der Waals surface area contributed by atoms with E-state index in [0.29, 0.717) is 11.3 Å². The second kappa shape index (κ2) is 6.80. The van der Waals surface area contributed by atoms with Crippen molar-refractivity contribution in [1.29, 1.82) is 0 Å². The molecule has 0 atom stereocenters. The van der Waals surface area contributed by atoms with Crippen LogP contribution in [0.15, 0.2) is 52.9 Å². The summed E-state index contributed by atoms with van der Waals surface area (Å²) in [5.41, 5.74) is 7.29. The molecule has 0 spiro atoms. The molecule has 0 aliphatic heterocycles. The Kier molecular flexibility index (Phi) is 4.59. The Morgan fingerprint density at radius 1 is 1.17 bits per heavy atom. The lowest BCUT2D eigenvalue weighted by Crippen LogP contribution is -2.12. The van der Waals surface area contributed by atoms with Gasteiger partial charge in [0.1, 0.15) is 0 Å². The van der Waals surface area contributed by atoms with E-state index in [0.717, 1.165) is 14.6 Å². The molecule has 2 amide bonds. The zero-order chi connectivity index (χ0) is 16.2. The number of thiazole rings is 1. The second-order valence-electron chi connectivity index (χ2n) is 4.74. The summed E-state index contributed by atoms with van der Waals surface area (Å²) in [5.74, 6) is -0.319. The largest absolute Gasteiger partial charge is 0.369 e. The van der Waals surface area contributed by atoms with E-state index in [1.807, 2.05) is 36.4 Å². The molecule has 23 heavy (non-hydrogen) atoms. The van der Waals surface area contributed by atoms with Crippen molar-refractivity contribution in [3.63, 3.8) is 0 Å². The normalized spacial score (nSPS) is 10.6. The molecule has 0 bridgehead atoms. The SMILES string of the molecule is NC(=O)CSc1nc2ccc(NC(=O)c3ccccc3)cc2s1. The Hall–Kier alpha value is -2.38. The van der Waals surface area contributed by atoms with Gasteiger partial charge in [0.2, 0.25) is 5.91 Å². The van der Waals surface area contributed by atoms with Crippen LogP contribution < -0.4 is 11.1 Å². The van der Waals surface area contributed by atoms with Gasteiger partial charge in [-0.15, -0.1) is 11.3 Å². The first-order valence-electron chi connectivity index (χ1n) is 6.80. The highest BCUT2D eigenvalue weighted by atomic mass is 32.2. The molecule has 3 rings (SSSR count). The van der Waals surface area contributed by atoms with E-state index in [9.17, 15) is 9.59 Å². The van der Waals surface area contributed by atoms with Crippen LogP contribution in [0.3, 0.4) is 0 Å². The number of nitrogens with zero attached hydrogens (tertiary/aromatic N) is 1. The number of thioether (sulfide) groups is 1. The first kappa shape index (κ1) is 15.5. The van der Waals surface area contributed by atoms with Crippen LogP contribution in [0.1, 0.15) is 10.4 Å². The van der Waals surface area contributed by atoms with E-state index in [1.54, 1.807) is 12.1 Å². The first-order chi connectivity index (χ1) is 11.1. The van der Waals surface area contributed by atoms with E-state index in [1.165, 1.54) is 23.1 Å². The van der Waals surface area contributed by atoms with E-state index in [2.05, 4.69) is 10.3 Å². The van der Waals surface area contributed by atoms with Gasteiger partial charge in [0.05, 0.1) is 16.0 Å². The fraction of sp³-hybridized carbons (Fsp3) is 0.0625. The maximum absolute atomic E-state index is 12.2. The highest BCUT2D eigenvalue weighted by Gasteiger charge is 2.09. The molecule has 0 aliphatic carbocycles. The van der Waals surface area contributed by atoms with E-state index >= 15 is 0 Å². The van der Waals surface area contributed by atoms with Gasteiger partial charge >= 0.3 is 0 Å². The number of hydrogen-bond donors (Lipinski definition) is 2. The number of primary amides is 1. The minimum absolute atomic E-state index is 0.155. The number of anilines is 1. The van der Waals surface area contributed by atoms with Crippen LogP contribution in [0.25, 0.3) is 10.2 Å². The Bertz CT molecular complexity index is 862. The summed E-state index contributed by atoms with van der Waals surface area (Å²) in [6, 6.07) is 14.6. The smallest absolute Gasteiger partial charge is 0.255 e. The van der Waals surface area contributed by atoms with Gasteiger partial charge in [0, 0.05) is 11.3 Å². The molecule has 0 saturated carbocycles. The van der Waals surface area contributed by atoms with Crippen molar-refractivity contribution in [3.05, 3.63) is 54.1 Å². The maximum Gasteiger partial charge on any atom is 0.255 e. The number of hydrogen-bond acceptors (Lipinski definition) is 5. The Labute approximate surface area is 140 Å². The van der Waals surface area contributed by atoms with E-state index in [4.69, 9.17) is 5.73 Å². The van der Waals surface area contributed by atoms with Gasteiger partial charge in [-0.1, -0.05) is 30.0 Å². The number of carbonyl (C=O) groups excluding carboxylic acids is 2. The van der Waals surface area contributed by atoms with Crippen LogP contribution >= 0.6 is 23.1 Å². The number of benzene rings is 2. The number of carbonyl (C=O) groups is 2. The number of nitrogens with two attached hydrogens (primary N) is 1. The van der Waals surface area contributed by atoms with Crippen molar-refractivity contribution in [2.75, 3.05) is 11.1 Å². The number of amides is 2. The Morgan fingerprint density at radius 3 is 2.70 bits per heavy atom. The fourth-order valence-corrected chi connectivity index (χ4v) is 3.82. The Balaban J connectivity index is 1.77. The lowest BCUT2D eigenvalue weighted by atomic mass is 10.2. The van der Waals surface area contributed by atoms with Gasteiger partial charge < -0.3 is 11.1 Å². The summed E-state index contributed by atoms with van der Waals surface area (Å²) in [6.07, 6.45) is 0. The van der Waals surface area contributed by atoms with Crippen LogP contribution in [-0.2, 0) is 4.79 Å². The highest BCUT2D eigenvalue weighted by molar-refractivity contribution is 8.01. The van der Waals surface area contributed by atoms with Crippen LogP contribution in [-0.4, -0.2) is 22.6 Å². The summed E-state index contributed by atoms with van der Waals surface area (Å²) < 4.78 is 1.73. The average molecular weight is 343 g/mol. The third kappa shape index (κ3) is 3.88. The number of rotatable bonds is 5. The van der Waals surface area contributed by atoms with Crippen LogP contribution in [0.2, 0.25) is 0 Å². The van der Waals surface area contributed by atoms with Gasteiger partial charge in [0.15, 0.2) is 4.34 Å². The quantitative estimate of drug-likeness (QED) is 0.697. The predicted molar refractivity (Wildman–Crippen MR) is 93.9 cm³/mol. The molecule has 0 saturated heterocycles. The lowest BCUT2D eigenvalue weighted by Gasteiger charge is -2.04. The molecular formula is C16H13N3O2S2. The molecule has 5 nitrogen and oxygen atoms in total. The van der Waals surface area contributed by atoms with Crippen LogP contribution in [0.4, 0.5) is 5.69 Å². The number of nitrogens with one attached hydrogen (secondary N) is 1. The molecule has 1 heterocycles. The number of aromatic nitrogens is 1.